The predicted octanol–water partition coefficient (Wildman–Crippen LogP) is 0.490. The molecule has 0 fully saturated rings. The smallest absolute Gasteiger partial charge is 0.388 e. The quantitative estimate of drug-likeness (QED) is 0.347. The highest BCUT2D eigenvalue weighted by atomic mass is 35.5. The molecule has 1 heterocycles. The number of ketones is 1. The fourth-order valence-electron chi connectivity index (χ4n) is 1.61. The maximum absolute atomic E-state index is 11.4. The van der Waals surface area contributed by atoms with Crippen molar-refractivity contribution in [3.8, 4) is 5.75 Å². The molecule has 25 heavy (non-hydrogen) atoms. The van der Waals surface area contributed by atoms with Gasteiger partial charge in [-0.3, -0.25) is 10.5 Å². The number of aromatic nitrogens is 2. The number of H-pyrrole nitrogens is 1. The van der Waals surface area contributed by atoms with Crippen molar-refractivity contribution in [2.24, 2.45) is 0 Å². The number of carbonyl (C=O) groups excluding carboxylic acids is 1. The first kappa shape index (κ1) is 19.9. The molecule has 0 aliphatic rings. The lowest BCUT2D eigenvalue weighted by Crippen LogP contribution is -2.13. The van der Waals surface area contributed by atoms with E-state index < -0.39 is 17.5 Å². The van der Waals surface area contributed by atoms with Gasteiger partial charge >= 0.3 is 11.9 Å². The Balaban J connectivity index is 0.000000293. The molecule has 2 rings (SSSR count). The second kappa shape index (κ2) is 9.24. The maximum atomic E-state index is 11.4. The molecule has 0 spiro atoms. The van der Waals surface area contributed by atoms with Crippen LogP contribution in [0.5, 0.6) is 5.75 Å². The van der Waals surface area contributed by atoms with Crippen LogP contribution in [0.25, 0.3) is 5.76 Å². The largest absolute Gasteiger partial charge is 0.872 e. The van der Waals surface area contributed by atoms with Gasteiger partial charge in [0.2, 0.25) is 0 Å². The Labute approximate surface area is 148 Å². The summed E-state index contributed by atoms with van der Waals surface area (Å²) >= 11 is 5.57. The standard InChI is InChI=1S/C11H10O5.C5H6ClN3/c1-16-8-4-2-7(3-5-8)9(12)6-10(13)11(14)15;1-3-2-4(6)9-5(7)8-3/h2-6,12H,1H3,(H,14,15);2H,1H3,(H2,7,8,9)/b9-6-;. The minimum absolute atomic E-state index is 0.232. The second-order valence-corrected chi connectivity index (χ2v) is 5.07. The predicted molar refractivity (Wildman–Crippen MR) is 88.6 cm³/mol. The van der Waals surface area contributed by atoms with Gasteiger partial charge in [-0.1, -0.05) is 22.9 Å². The number of aliphatic carboxylic acids is 1. The molecule has 4 N–H and O–H groups in total. The summed E-state index contributed by atoms with van der Waals surface area (Å²) in [5.74, 6) is -2.61. The number of methoxy groups -OCH3 is 1. The van der Waals surface area contributed by atoms with Crippen molar-refractivity contribution in [1.29, 1.82) is 0 Å². The normalized spacial score (nSPS) is 10.4. The Morgan fingerprint density at radius 2 is 1.96 bits per heavy atom. The van der Waals surface area contributed by atoms with Gasteiger partial charge in [-0.2, -0.15) is 0 Å². The summed E-state index contributed by atoms with van der Waals surface area (Å²) in [6.45, 7) is 1.83. The lowest BCUT2D eigenvalue weighted by Gasteiger charge is -2.11. The first-order chi connectivity index (χ1) is 11.7. The summed E-state index contributed by atoms with van der Waals surface area (Å²) in [5, 5.41) is 20.2. The lowest BCUT2D eigenvalue weighted by molar-refractivity contribution is -0.361. The van der Waals surface area contributed by atoms with Crippen LogP contribution in [0, 0.1) is 6.92 Å². The van der Waals surface area contributed by atoms with Crippen molar-refractivity contribution in [2.75, 3.05) is 12.8 Å². The average molecular weight is 366 g/mol. The number of carboxylic acid groups (broad SMARTS) is 1. The monoisotopic (exact) mass is 365 g/mol. The minimum atomic E-state index is -1.65. The molecule has 0 bridgehead atoms. The third-order valence-corrected chi connectivity index (χ3v) is 2.93. The molecule has 0 unspecified atom stereocenters. The Hall–Kier alpha value is -3.13. The summed E-state index contributed by atoms with van der Waals surface area (Å²) in [5.41, 5.74) is 6.36. The fraction of sp³-hybridized carbons (Fsp3) is 0.125. The number of nitrogens with zero attached hydrogens (tertiary/aromatic N) is 1. The first-order valence-electron chi connectivity index (χ1n) is 6.85. The van der Waals surface area contributed by atoms with Gasteiger partial charge in [0, 0.05) is 6.07 Å². The first-order valence-corrected chi connectivity index (χ1v) is 7.23. The van der Waals surface area contributed by atoms with Crippen LogP contribution in [0.4, 0.5) is 5.95 Å². The van der Waals surface area contributed by atoms with Gasteiger partial charge in [0.1, 0.15) is 11.4 Å². The third kappa shape index (κ3) is 6.88. The number of nitrogens with two attached hydrogens (primary N) is 1. The van der Waals surface area contributed by atoms with Crippen LogP contribution >= 0.6 is 11.6 Å². The summed E-state index contributed by atoms with van der Waals surface area (Å²) in [6, 6.07) is 7.70. The molecule has 2 aromatic rings. The highest BCUT2D eigenvalue weighted by Crippen LogP contribution is 2.15. The molecule has 0 radical (unpaired) electrons. The van der Waals surface area contributed by atoms with Crippen molar-refractivity contribution in [1.82, 2.24) is 4.98 Å². The highest BCUT2D eigenvalue weighted by molar-refractivity contribution is 6.38. The van der Waals surface area contributed by atoms with Crippen LogP contribution < -0.4 is 20.6 Å². The van der Waals surface area contributed by atoms with E-state index in [9.17, 15) is 14.7 Å². The van der Waals surface area contributed by atoms with Crippen molar-refractivity contribution in [2.45, 2.75) is 6.92 Å². The number of carboxylic acids is 1. The van der Waals surface area contributed by atoms with Gasteiger partial charge in [0.15, 0.2) is 5.15 Å². The van der Waals surface area contributed by atoms with Gasteiger partial charge in [-0.05, 0) is 42.3 Å². The van der Waals surface area contributed by atoms with Gasteiger partial charge in [0.05, 0.1) is 7.11 Å². The number of anilines is 1. The van der Waals surface area contributed by atoms with Crippen LogP contribution in [-0.2, 0) is 9.59 Å². The van der Waals surface area contributed by atoms with Crippen LogP contribution in [0.3, 0.4) is 0 Å². The number of hydrogen-bond acceptors (Lipinski definition) is 6. The molecule has 0 amide bonds. The summed E-state index contributed by atoms with van der Waals surface area (Å²) in [4.78, 5) is 27.5. The number of aryl methyl sites for hydroxylation is 1. The van der Waals surface area contributed by atoms with Crippen LogP contribution in [0.2, 0.25) is 5.15 Å². The van der Waals surface area contributed by atoms with E-state index in [1.165, 1.54) is 19.2 Å². The molecule has 1 aromatic carbocycles. The zero-order chi connectivity index (χ0) is 19.0. The van der Waals surface area contributed by atoms with Crippen LogP contribution in [0.1, 0.15) is 11.3 Å². The number of hydrogen-bond donors (Lipinski definition) is 2. The highest BCUT2D eigenvalue weighted by Gasteiger charge is 2.06. The summed E-state index contributed by atoms with van der Waals surface area (Å²) in [7, 11) is 1.48. The van der Waals surface area contributed by atoms with E-state index in [-0.39, 0.29) is 5.56 Å². The lowest BCUT2D eigenvalue weighted by atomic mass is 10.1. The summed E-state index contributed by atoms with van der Waals surface area (Å²) < 4.78 is 4.89. The number of halogens is 1. The molecular formula is C16H16ClN3O5. The average Bonchev–Trinajstić information content (AvgIpc) is 2.54. The van der Waals surface area contributed by atoms with Crippen molar-refractivity contribution in [3.63, 3.8) is 0 Å². The van der Waals surface area contributed by atoms with E-state index in [0.29, 0.717) is 22.9 Å². The Morgan fingerprint density at radius 3 is 2.40 bits per heavy atom. The van der Waals surface area contributed by atoms with Gasteiger partial charge in [0.25, 0.3) is 5.78 Å². The maximum Gasteiger partial charge on any atom is 0.388 e. The topological polar surface area (TPSA) is 140 Å². The molecule has 1 aromatic heterocycles. The fourth-order valence-corrected chi connectivity index (χ4v) is 1.87. The molecule has 0 atom stereocenters. The van der Waals surface area contributed by atoms with E-state index in [4.69, 9.17) is 27.2 Å². The van der Waals surface area contributed by atoms with Crippen LogP contribution in [0.15, 0.2) is 36.4 Å². The third-order valence-electron chi connectivity index (χ3n) is 2.73. The van der Waals surface area contributed by atoms with Gasteiger partial charge in [-0.15, -0.1) is 0 Å². The Morgan fingerprint density at radius 1 is 1.36 bits per heavy atom. The van der Waals surface area contributed by atoms with Gasteiger partial charge in [-0.25, -0.2) is 9.78 Å². The van der Waals surface area contributed by atoms with Crippen molar-refractivity contribution < 1.29 is 29.5 Å². The molecule has 0 saturated heterocycles. The zero-order valence-electron chi connectivity index (χ0n) is 13.4. The number of ether oxygens (including phenoxy) is 1. The number of carbonyl (C=O) groups is 2. The molecule has 8 nitrogen and oxygen atoms in total. The van der Waals surface area contributed by atoms with Crippen molar-refractivity contribution in [3.05, 3.63) is 52.8 Å². The SMILES string of the molecule is COc1ccc(/C([O-])=C/C(=O)C(=O)O)cc1.Cc1cc(Cl)[nH+]c(N)n1. The van der Waals surface area contributed by atoms with E-state index in [1.807, 2.05) is 6.92 Å². The zero-order valence-corrected chi connectivity index (χ0v) is 14.2. The number of aromatic amines is 1. The number of benzene rings is 1. The molecule has 0 aliphatic heterocycles. The summed E-state index contributed by atoms with van der Waals surface area (Å²) in [6.07, 6.45) is 0.546. The number of nitrogens with one attached hydrogen (secondary N) is 1. The number of nitrogen functional groups attached to an aromatic ring is 1. The Bertz CT molecular complexity index is 740. The van der Waals surface area contributed by atoms with E-state index in [2.05, 4.69) is 9.97 Å². The second-order valence-electron chi connectivity index (χ2n) is 4.66. The van der Waals surface area contributed by atoms with E-state index >= 15 is 0 Å². The van der Waals surface area contributed by atoms with E-state index in [0.717, 1.165) is 5.69 Å². The van der Waals surface area contributed by atoms with Crippen molar-refractivity contribution >= 4 is 35.1 Å². The molecular weight excluding hydrogens is 350 g/mol. The van der Waals surface area contributed by atoms with E-state index in [1.54, 1.807) is 18.2 Å². The minimum Gasteiger partial charge on any atom is -0.872 e. The van der Waals surface area contributed by atoms with Gasteiger partial charge < -0.3 is 14.9 Å². The number of rotatable bonds is 4. The molecule has 9 heteroatoms. The molecule has 0 saturated carbocycles. The molecule has 0 aliphatic carbocycles. The van der Waals surface area contributed by atoms with Crippen LogP contribution in [-0.4, -0.2) is 29.0 Å². The molecule has 132 valence electrons. The Kier molecular flexibility index (Phi) is 7.36.